The normalized spacial score (nSPS) is 15.3. The van der Waals surface area contributed by atoms with Crippen molar-refractivity contribution in [2.75, 3.05) is 33.3 Å². The van der Waals surface area contributed by atoms with Crippen LogP contribution in [0.5, 0.6) is 0 Å². The highest BCUT2D eigenvalue weighted by molar-refractivity contribution is 5.82. The van der Waals surface area contributed by atoms with E-state index in [1.54, 1.807) is 7.11 Å². The molecule has 6 heteroatoms. The first-order chi connectivity index (χ1) is 11.1. The summed E-state index contributed by atoms with van der Waals surface area (Å²) in [5.74, 6) is 0.942. The number of nitrogens with zero attached hydrogens (tertiary/aromatic N) is 3. The van der Waals surface area contributed by atoms with Gasteiger partial charge in [-0.25, -0.2) is 4.98 Å². The highest BCUT2D eigenvalue weighted by atomic mass is 16.5. The van der Waals surface area contributed by atoms with Crippen LogP contribution in [0.15, 0.2) is 12.1 Å². The highest BCUT2D eigenvalue weighted by Crippen LogP contribution is 2.21. The molecule has 1 aromatic heterocycles. The fraction of sp³-hybridized carbons (Fsp3) is 0.529. The number of carbonyl (C=O) groups excluding carboxylic acids is 1. The monoisotopic (exact) mass is 316 g/mol. The molecular formula is C17H24N4O2. The third-order valence-electron chi connectivity index (χ3n) is 4.48. The molecule has 1 amide bonds. The standard InChI is InChI=1S/C17H24N4O2/c1-12-8-14-15(9-13(12)2)21(16(19-14)11-23-3)10-17(22)20-6-4-18-5-7-20/h8-9,18H,4-7,10-11H2,1-3H3. The fourth-order valence-electron chi connectivity index (χ4n) is 3.00. The maximum absolute atomic E-state index is 12.6. The second kappa shape index (κ2) is 6.68. The van der Waals surface area contributed by atoms with Crippen molar-refractivity contribution < 1.29 is 9.53 Å². The van der Waals surface area contributed by atoms with Gasteiger partial charge in [0.1, 0.15) is 19.0 Å². The van der Waals surface area contributed by atoms with E-state index in [0.717, 1.165) is 43.0 Å². The zero-order valence-electron chi connectivity index (χ0n) is 14.1. The first-order valence-electron chi connectivity index (χ1n) is 8.04. The minimum atomic E-state index is 0.140. The van der Waals surface area contributed by atoms with Crippen LogP contribution in [0.1, 0.15) is 17.0 Å². The number of rotatable bonds is 4. The Morgan fingerprint density at radius 1 is 1.26 bits per heavy atom. The minimum absolute atomic E-state index is 0.140. The lowest BCUT2D eigenvalue weighted by Crippen LogP contribution is -2.47. The average molecular weight is 316 g/mol. The number of piperazine rings is 1. The van der Waals surface area contributed by atoms with Crippen LogP contribution >= 0.6 is 0 Å². The number of nitrogens with one attached hydrogen (secondary N) is 1. The summed E-state index contributed by atoms with van der Waals surface area (Å²) in [6.45, 7) is 8.14. The molecular weight excluding hydrogens is 292 g/mol. The molecule has 0 spiro atoms. The number of hydrogen-bond donors (Lipinski definition) is 1. The van der Waals surface area contributed by atoms with E-state index in [0.29, 0.717) is 13.2 Å². The van der Waals surface area contributed by atoms with Crippen molar-refractivity contribution in [3.05, 3.63) is 29.1 Å². The molecule has 1 aliphatic heterocycles. The minimum Gasteiger partial charge on any atom is -0.377 e. The SMILES string of the molecule is COCc1nc2cc(C)c(C)cc2n1CC(=O)N1CCNCC1. The number of amides is 1. The van der Waals surface area contributed by atoms with Crippen LogP contribution in [0.25, 0.3) is 11.0 Å². The summed E-state index contributed by atoms with van der Waals surface area (Å²) in [4.78, 5) is 19.2. The van der Waals surface area contributed by atoms with Crippen molar-refractivity contribution in [3.8, 4) is 0 Å². The van der Waals surface area contributed by atoms with Crippen LogP contribution in [0.4, 0.5) is 0 Å². The number of benzene rings is 1. The predicted octanol–water partition coefficient (Wildman–Crippen LogP) is 1.23. The molecule has 0 unspecified atom stereocenters. The van der Waals surface area contributed by atoms with Crippen molar-refractivity contribution in [2.45, 2.75) is 27.0 Å². The third kappa shape index (κ3) is 3.23. The Morgan fingerprint density at radius 2 is 1.96 bits per heavy atom. The van der Waals surface area contributed by atoms with Gasteiger partial charge in [-0.05, 0) is 37.1 Å². The summed E-state index contributed by atoms with van der Waals surface area (Å²) >= 11 is 0. The van der Waals surface area contributed by atoms with Gasteiger partial charge in [-0.1, -0.05) is 0 Å². The Labute approximate surface area is 136 Å². The zero-order valence-corrected chi connectivity index (χ0v) is 14.1. The van der Waals surface area contributed by atoms with Crippen molar-refractivity contribution in [1.82, 2.24) is 19.8 Å². The van der Waals surface area contributed by atoms with Crippen molar-refractivity contribution >= 4 is 16.9 Å². The Morgan fingerprint density at radius 3 is 2.65 bits per heavy atom. The maximum atomic E-state index is 12.6. The van der Waals surface area contributed by atoms with Gasteiger partial charge in [-0.3, -0.25) is 4.79 Å². The molecule has 1 fully saturated rings. The molecule has 1 aliphatic rings. The van der Waals surface area contributed by atoms with Gasteiger partial charge >= 0.3 is 0 Å². The summed E-state index contributed by atoms with van der Waals surface area (Å²) < 4.78 is 7.26. The molecule has 2 aromatic rings. The average Bonchev–Trinajstić information content (AvgIpc) is 2.86. The van der Waals surface area contributed by atoms with Crippen molar-refractivity contribution in [3.63, 3.8) is 0 Å². The number of methoxy groups -OCH3 is 1. The van der Waals surface area contributed by atoms with Gasteiger partial charge in [0.15, 0.2) is 0 Å². The lowest BCUT2D eigenvalue weighted by molar-refractivity contribution is -0.132. The lowest BCUT2D eigenvalue weighted by Gasteiger charge is -2.27. The number of fused-ring (bicyclic) bond motifs is 1. The Kier molecular flexibility index (Phi) is 4.63. The van der Waals surface area contributed by atoms with Crippen LogP contribution in [0.3, 0.4) is 0 Å². The smallest absolute Gasteiger partial charge is 0.242 e. The molecule has 2 heterocycles. The summed E-state index contributed by atoms with van der Waals surface area (Å²) in [6, 6.07) is 4.19. The molecule has 3 rings (SSSR count). The van der Waals surface area contributed by atoms with E-state index < -0.39 is 0 Å². The van der Waals surface area contributed by atoms with E-state index in [4.69, 9.17) is 4.74 Å². The van der Waals surface area contributed by atoms with E-state index in [1.807, 2.05) is 9.47 Å². The fourth-order valence-corrected chi connectivity index (χ4v) is 3.00. The zero-order chi connectivity index (χ0) is 16.4. The Hall–Kier alpha value is -1.92. The molecule has 0 saturated carbocycles. The summed E-state index contributed by atoms with van der Waals surface area (Å²) in [6.07, 6.45) is 0. The molecule has 0 aliphatic carbocycles. The van der Waals surface area contributed by atoms with Crippen LogP contribution in [0.2, 0.25) is 0 Å². The van der Waals surface area contributed by atoms with Crippen LogP contribution in [-0.2, 0) is 22.7 Å². The highest BCUT2D eigenvalue weighted by Gasteiger charge is 2.20. The Balaban J connectivity index is 1.95. The van der Waals surface area contributed by atoms with Gasteiger partial charge in [0.05, 0.1) is 11.0 Å². The number of hydrogen-bond acceptors (Lipinski definition) is 4. The van der Waals surface area contributed by atoms with E-state index in [9.17, 15) is 4.79 Å². The van der Waals surface area contributed by atoms with Gasteiger partial charge < -0.3 is 19.5 Å². The second-order valence-corrected chi connectivity index (χ2v) is 6.10. The number of imidazole rings is 1. The topological polar surface area (TPSA) is 59.4 Å². The molecule has 0 bridgehead atoms. The van der Waals surface area contributed by atoms with Gasteiger partial charge in [0.2, 0.25) is 5.91 Å². The van der Waals surface area contributed by atoms with Gasteiger partial charge in [0.25, 0.3) is 0 Å². The van der Waals surface area contributed by atoms with Crippen LogP contribution < -0.4 is 5.32 Å². The molecule has 23 heavy (non-hydrogen) atoms. The first kappa shape index (κ1) is 16.0. The molecule has 1 saturated heterocycles. The maximum Gasteiger partial charge on any atom is 0.242 e. The predicted molar refractivity (Wildman–Crippen MR) is 89.4 cm³/mol. The number of aryl methyl sites for hydroxylation is 2. The number of carbonyl (C=O) groups is 1. The quantitative estimate of drug-likeness (QED) is 0.922. The van der Waals surface area contributed by atoms with Gasteiger partial charge in [-0.15, -0.1) is 0 Å². The van der Waals surface area contributed by atoms with E-state index >= 15 is 0 Å². The Bertz CT molecular complexity index is 717. The van der Waals surface area contributed by atoms with Crippen LogP contribution in [0, 0.1) is 13.8 Å². The number of aromatic nitrogens is 2. The van der Waals surface area contributed by atoms with Gasteiger partial charge in [-0.2, -0.15) is 0 Å². The van der Waals surface area contributed by atoms with E-state index in [-0.39, 0.29) is 5.91 Å². The molecule has 1 aromatic carbocycles. The van der Waals surface area contributed by atoms with Gasteiger partial charge in [0, 0.05) is 33.3 Å². The summed E-state index contributed by atoms with van der Waals surface area (Å²) in [7, 11) is 1.65. The number of ether oxygens (including phenoxy) is 1. The second-order valence-electron chi connectivity index (χ2n) is 6.10. The first-order valence-corrected chi connectivity index (χ1v) is 8.04. The molecule has 6 nitrogen and oxygen atoms in total. The molecule has 1 N–H and O–H groups in total. The molecule has 124 valence electrons. The van der Waals surface area contributed by atoms with Crippen molar-refractivity contribution in [2.24, 2.45) is 0 Å². The molecule has 0 atom stereocenters. The van der Waals surface area contributed by atoms with E-state index in [1.165, 1.54) is 11.1 Å². The largest absolute Gasteiger partial charge is 0.377 e. The lowest BCUT2D eigenvalue weighted by atomic mass is 10.1. The summed E-state index contributed by atoms with van der Waals surface area (Å²) in [5.41, 5.74) is 4.34. The van der Waals surface area contributed by atoms with Crippen molar-refractivity contribution in [1.29, 1.82) is 0 Å². The third-order valence-corrected chi connectivity index (χ3v) is 4.48. The van der Waals surface area contributed by atoms with E-state index in [2.05, 4.69) is 36.3 Å². The molecule has 0 radical (unpaired) electrons. The van der Waals surface area contributed by atoms with Crippen LogP contribution in [-0.4, -0.2) is 53.6 Å². The summed E-state index contributed by atoms with van der Waals surface area (Å²) in [5, 5.41) is 3.27.